The molecule has 9 nitrogen and oxygen atoms in total. The topological polar surface area (TPSA) is 109 Å². The summed E-state index contributed by atoms with van der Waals surface area (Å²) in [4.78, 5) is 43.2. The number of benzene rings is 2. The second-order valence-electron chi connectivity index (χ2n) is 8.79. The van der Waals surface area contributed by atoms with Crippen LogP contribution >= 0.6 is 27.3 Å². The number of hydrogen-bond donors (Lipinski definition) is 0. The third-order valence-corrected chi connectivity index (χ3v) is 7.67. The van der Waals surface area contributed by atoms with Gasteiger partial charge >= 0.3 is 11.9 Å². The quantitative estimate of drug-likeness (QED) is 0.232. The average molecular weight is 623 g/mol. The van der Waals surface area contributed by atoms with E-state index in [1.807, 2.05) is 30.3 Å². The molecular formula is C29H23BrN2O7S. The smallest absolute Gasteiger partial charge is 0.338 e. The lowest BCUT2D eigenvalue weighted by Crippen LogP contribution is -2.39. The molecule has 5 rings (SSSR count). The SMILES string of the molecule is COC(=O)C1=C(C)N=c2sc(=Cc3ccc(-c4cccc(Br)c4)o3)c(=O)n2C1c1ccc(OC(C)=O)c(OC)c1. The number of allylic oxidation sites excluding steroid dienone is 1. The maximum atomic E-state index is 13.8. The first-order valence-corrected chi connectivity index (χ1v) is 13.6. The molecule has 0 aliphatic carbocycles. The predicted molar refractivity (Wildman–Crippen MR) is 152 cm³/mol. The Balaban J connectivity index is 1.65. The molecule has 0 bridgehead atoms. The minimum Gasteiger partial charge on any atom is -0.493 e. The molecule has 3 heterocycles. The van der Waals surface area contributed by atoms with Crippen molar-refractivity contribution in [3.63, 3.8) is 0 Å². The zero-order valence-electron chi connectivity index (χ0n) is 21.9. The van der Waals surface area contributed by atoms with Crippen LogP contribution in [0.1, 0.15) is 31.2 Å². The summed E-state index contributed by atoms with van der Waals surface area (Å²) in [5, 5.41) is 0. The first kappa shape index (κ1) is 27.4. The van der Waals surface area contributed by atoms with Crippen LogP contribution in [0, 0.1) is 0 Å². The Morgan fingerprint density at radius 3 is 2.60 bits per heavy atom. The molecule has 0 saturated carbocycles. The summed E-state index contributed by atoms with van der Waals surface area (Å²) in [7, 11) is 2.71. The van der Waals surface area contributed by atoms with Crippen molar-refractivity contribution in [2.24, 2.45) is 4.99 Å². The van der Waals surface area contributed by atoms with E-state index in [-0.39, 0.29) is 22.6 Å². The fourth-order valence-electron chi connectivity index (χ4n) is 4.46. The van der Waals surface area contributed by atoms with Crippen molar-refractivity contribution >= 4 is 45.3 Å². The van der Waals surface area contributed by atoms with Crippen molar-refractivity contribution in [3.8, 4) is 22.8 Å². The van der Waals surface area contributed by atoms with Crippen LogP contribution in [0.3, 0.4) is 0 Å². The van der Waals surface area contributed by atoms with Crippen LogP contribution in [0.15, 0.2) is 84.5 Å². The summed E-state index contributed by atoms with van der Waals surface area (Å²) in [6.45, 7) is 2.98. The van der Waals surface area contributed by atoms with E-state index in [1.165, 1.54) is 37.0 Å². The number of rotatable bonds is 6. The summed E-state index contributed by atoms with van der Waals surface area (Å²) in [5.41, 5.74) is 1.71. The van der Waals surface area contributed by atoms with E-state index in [4.69, 9.17) is 18.6 Å². The second-order valence-corrected chi connectivity index (χ2v) is 10.7. The number of furan rings is 1. The zero-order chi connectivity index (χ0) is 28.6. The van der Waals surface area contributed by atoms with Crippen LogP contribution in [-0.2, 0) is 14.3 Å². The molecular weight excluding hydrogens is 600 g/mol. The number of nitrogens with zero attached hydrogens (tertiary/aromatic N) is 2. The molecule has 0 spiro atoms. The van der Waals surface area contributed by atoms with E-state index in [1.54, 1.807) is 37.3 Å². The van der Waals surface area contributed by atoms with E-state index in [9.17, 15) is 14.4 Å². The molecule has 1 unspecified atom stereocenters. The van der Waals surface area contributed by atoms with Gasteiger partial charge in [-0.1, -0.05) is 45.5 Å². The highest BCUT2D eigenvalue weighted by Gasteiger charge is 2.33. The maximum absolute atomic E-state index is 13.8. The third kappa shape index (κ3) is 5.17. The number of fused-ring (bicyclic) bond motifs is 1. The number of thiazole rings is 1. The second kappa shape index (κ2) is 11.1. The summed E-state index contributed by atoms with van der Waals surface area (Å²) in [5.74, 6) is 0.504. The van der Waals surface area contributed by atoms with E-state index < -0.39 is 18.0 Å². The predicted octanol–water partition coefficient (Wildman–Crippen LogP) is 4.36. The van der Waals surface area contributed by atoms with E-state index in [0.717, 1.165) is 10.0 Å². The standard InChI is InChI=1S/C29H23BrN2O7S/c1-15-25(28(35)37-4)26(18-8-10-22(38-16(2)33)23(13-18)36-3)32-27(34)24(40-29(32)31-15)14-20-9-11-21(39-20)17-6-5-7-19(30)12-17/h5-14,26H,1-4H3. The molecule has 11 heteroatoms. The summed E-state index contributed by atoms with van der Waals surface area (Å²) in [6, 6.07) is 15.3. The number of ether oxygens (including phenoxy) is 3. The lowest BCUT2D eigenvalue weighted by Gasteiger charge is -2.25. The van der Waals surface area contributed by atoms with Gasteiger partial charge in [0.25, 0.3) is 5.56 Å². The van der Waals surface area contributed by atoms with Gasteiger partial charge in [-0.2, -0.15) is 0 Å². The van der Waals surface area contributed by atoms with Gasteiger partial charge in [-0.05, 0) is 48.9 Å². The van der Waals surface area contributed by atoms with Gasteiger partial charge in [0.15, 0.2) is 16.3 Å². The molecule has 1 atom stereocenters. The van der Waals surface area contributed by atoms with Crippen LogP contribution in [0.5, 0.6) is 11.5 Å². The normalized spacial score (nSPS) is 14.9. The average Bonchev–Trinajstić information content (AvgIpc) is 3.52. The lowest BCUT2D eigenvalue weighted by atomic mass is 9.95. The fourth-order valence-corrected chi connectivity index (χ4v) is 5.88. The molecule has 204 valence electrons. The Kier molecular flexibility index (Phi) is 7.59. The van der Waals surface area contributed by atoms with Gasteiger partial charge in [-0.15, -0.1) is 0 Å². The molecule has 1 aliphatic heterocycles. The molecule has 0 amide bonds. The van der Waals surface area contributed by atoms with Gasteiger partial charge in [0, 0.05) is 23.0 Å². The number of methoxy groups -OCH3 is 2. The fraction of sp³-hybridized carbons (Fsp3) is 0.172. The Hall–Kier alpha value is -4.22. The highest BCUT2D eigenvalue weighted by Crippen LogP contribution is 2.36. The zero-order valence-corrected chi connectivity index (χ0v) is 24.3. The van der Waals surface area contributed by atoms with Gasteiger partial charge in [0.2, 0.25) is 0 Å². The largest absolute Gasteiger partial charge is 0.493 e. The van der Waals surface area contributed by atoms with E-state index in [0.29, 0.717) is 32.1 Å². The maximum Gasteiger partial charge on any atom is 0.338 e. The monoisotopic (exact) mass is 622 g/mol. The molecule has 0 fully saturated rings. The van der Waals surface area contributed by atoms with E-state index in [2.05, 4.69) is 20.9 Å². The Morgan fingerprint density at radius 2 is 1.90 bits per heavy atom. The molecule has 2 aromatic carbocycles. The van der Waals surface area contributed by atoms with Gasteiger partial charge < -0.3 is 18.6 Å². The number of carbonyl (C=O) groups excluding carboxylic acids is 2. The molecule has 4 aromatic rings. The number of aromatic nitrogens is 1. The van der Waals surface area contributed by atoms with Crippen molar-refractivity contribution in [1.82, 2.24) is 4.57 Å². The van der Waals surface area contributed by atoms with Crippen molar-refractivity contribution < 1.29 is 28.2 Å². The first-order chi connectivity index (χ1) is 19.2. The molecule has 0 radical (unpaired) electrons. The number of esters is 2. The lowest BCUT2D eigenvalue weighted by molar-refractivity contribution is -0.136. The highest BCUT2D eigenvalue weighted by molar-refractivity contribution is 9.10. The third-order valence-electron chi connectivity index (χ3n) is 6.19. The molecule has 2 aromatic heterocycles. The molecule has 1 aliphatic rings. The number of carbonyl (C=O) groups is 2. The van der Waals surface area contributed by atoms with Gasteiger partial charge in [-0.3, -0.25) is 14.2 Å². The summed E-state index contributed by atoms with van der Waals surface area (Å²) < 4.78 is 24.5. The van der Waals surface area contributed by atoms with Crippen molar-refractivity contribution in [2.75, 3.05) is 14.2 Å². The van der Waals surface area contributed by atoms with Crippen molar-refractivity contribution in [1.29, 1.82) is 0 Å². The van der Waals surface area contributed by atoms with Gasteiger partial charge in [-0.25, -0.2) is 9.79 Å². The van der Waals surface area contributed by atoms with Crippen LogP contribution in [0.25, 0.3) is 17.4 Å². The van der Waals surface area contributed by atoms with Crippen molar-refractivity contribution in [2.45, 2.75) is 19.9 Å². The minimum absolute atomic E-state index is 0.207. The molecule has 40 heavy (non-hydrogen) atoms. The van der Waals surface area contributed by atoms with E-state index >= 15 is 0 Å². The Labute approximate surface area is 240 Å². The van der Waals surface area contributed by atoms with Crippen molar-refractivity contribution in [3.05, 3.63) is 101 Å². The van der Waals surface area contributed by atoms with Crippen LogP contribution in [-0.4, -0.2) is 30.7 Å². The number of halogens is 1. The number of hydrogen-bond acceptors (Lipinski definition) is 9. The van der Waals surface area contributed by atoms with Gasteiger partial charge in [0.05, 0.1) is 36.1 Å². The minimum atomic E-state index is -0.861. The Bertz CT molecular complexity index is 1870. The molecule has 0 N–H and O–H groups in total. The summed E-state index contributed by atoms with van der Waals surface area (Å²) >= 11 is 4.65. The van der Waals surface area contributed by atoms with Crippen LogP contribution < -0.4 is 24.4 Å². The first-order valence-electron chi connectivity index (χ1n) is 12.0. The summed E-state index contributed by atoms with van der Waals surface area (Å²) in [6.07, 6.45) is 1.66. The van der Waals surface area contributed by atoms with Gasteiger partial charge in [0.1, 0.15) is 11.5 Å². The van der Waals surface area contributed by atoms with Crippen LogP contribution in [0.2, 0.25) is 0 Å². The highest BCUT2D eigenvalue weighted by atomic mass is 79.9. The van der Waals surface area contributed by atoms with Crippen LogP contribution in [0.4, 0.5) is 0 Å². The Morgan fingerprint density at radius 1 is 1.10 bits per heavy atom. The molecule has 0 saturated heterocycles.